The van der Waals surface area contributed by atoms with Gasteiger partial charge in [0.15, 0.2) is 0 Å². The number of ether oxygens (including phenoxy) is 1. The lowest BCUT2D eigenvalue weighted by Gasteiger charge is -2.12. The molecule has 0 spiro atoms. The average molecular weight is 256 g/mol. The number of nitrogens with one attached hydrogen (secondary N) is 1. The Morgan fingerprint density at radius 3 is 2.53 bits per heavy atom. The van der Waals surface area contributed by atoms with Crippen molar-refractivity contribution >= 4 is 17.5 Å². The summed E-state index contributed by atoms with van der Waals surface area (Å²) in [6.07, 6.45) is 1.59. The zero-order valence-corrected chi connectivity index (χ0v) is 11.2. The first kappa shape index (κ1) is 13.1. The van der Waals surface area contributed by atoms with E-state index in [9.17, 15) is 4.79 Å². The summed E-state index contributed by atoms with van der Waals surface area (Å²) >= 11 is 0. The van der Waals surface area contributed by atoms with Crippen molar-refractivity contribution in [3.05, 3.63) is 53.2 Å². The molecule has 0 unspecified atom stereocenters. The van der Waals surface area contributed by atoms with Gasteiger partial charge >= 0.3 is 5.97 Å². The molecule has 0 saturated carbocycles. The highest BCUT2D eigenvalue weighted by Gasteiger charge is 2.08. The molecule has 19 heavy (non-hydrogen) atoms. The van der Waals surface area contributed by atoms with Gasteiger partial charge in [0.2, 0.25) is 0 Å². The van der Waals surface area contributed by atoms with E-state index in [1.807, 2.05) is 32.0 Å². The number of para-hydroxylation sites is 1. The van der Waals surface area contributed by atoms with E-state index < -0.39 is 0 Å². The minimum Gasteiger partial charge on any atom is -0.465 e. The Morgan fingerprint density at radius 1 is 1.21 bits per heavy atom. The van der Waals surface area contributed by atoms with Crippen LogP contribution in [-0.4, -0.2) is 18.1 Å². The summed E-state index contributed by atoms with van der Waals surface area (Å²) in [5, 5.41) is 3.24. The predicted molar refractivity (Wildman–Crippen MR) is 74.8 cm³/mol. The molecule has 0 aliphatic heterocycles. The fourth-order valence-corrected chi connectivity index (χ4v) is 1.88. The second kappa shape index (κ2) is 5.52. The monoisotopic (exact) mass is 256 g/mol. The number of rotatable bonds is 3. The van der Waals surface area contributed by atoms with Crippen molar-refractivity contribution in [1.82, 2.24) is 4.98 Å². The van der Waals surface area contributed by atoms with Gasteiger partial charge in [0.1, 0.15) is 5.82 Å². The fourth-order valence-electron chi connectivity index (χ4n) is 1.88. The second-order valence-electron chi connectivity index (χ2n) is 4.31. The van der Waals surface area contributed by atoms with E-state index in [1.165, 1.54) is 7.11 Å². The first-order valence-electron chi connectivity index (χ1n) is 5.99. The highest BCUT2D eigenvalue weighted by Crippen LogP contribution is 2.23. The highest BCUT2D eigenvalue weighted by molar-refractivity contribution is 5.90. The zero-order chi connectivity index (χ0) is 13.8. The Hall–Kier alpha value is -2.36. The number of hydrogen-bond donors (Lipinski definition) is 1. The summed E-state index contributed by atoms with van der Waals surface area (Å²) in [6, 6.07) is 9.37. The number of benzene rings is 1. The molecule has 0 atom stereocenters. The van der Waals surface area contributed by atoms with Crippen LogP contribution in [-0.2, 0) is 4.74 Å². The molecule has 0 aliphatic carbocycles. The number of hydrogen-bond acceptors (Lipinski definition) is 4. The third-order valence-corrected chi connectivity index (χ3v) is 2.92. The lowest BCUT2D eigenvalue weighted by molar-refractivity contribution is 0.0600. The number of pyridine rings is 1. The molecule has 2 rings (SSSR count). The van der Waals surface area contributed by atoms with Crippen LogP contribution in [0.15, 0.2) is 36.5 Å². The van der Waals surface area contributed by atoms with E-state index in [1.54, 1.807) is 18.3 Å². The van der Waals surface area contributed by atoms with Crippen LogP contribution in [0.25, 0.3) is 0 Å². The van der Waals surface area contributed by atoms with Crippen LogP contribution in [0.1, 0.15) is 21.5 Å². The lowest BCUT2D eigenvalue weighted by atomic mass is 10.1. The van der Waals surface area contributed by atoms with Crippen LogP contribution in [0, 0.1) is 13.8 Å². The van der Waals surface area contributed by atoms with E-state index in [0.29, 0.717) is 11.4 Å². The highest BCUT2D eigenvalue weighted by atomic mass is 16.5. The zero-order valence-electron chi connectivity index (χ0n) is 11.2. The largest absolute Gasteiger partial charge is 0.465 e. The van der Waals surface area contributed by atoms with Gasteiger partial charge < -0.3 is 10.1 Å². The molecule has 0 aliphatic rings. The van der Waals surface area contributed by atoms with Crippen molar-refractivity contribution < 1.29 is 9.53 Å². The van der Waals surface area contributed by atoms with Gasteiger partial charge in [-0.3, -0.25) is 0 Å². The second-order valence-corrected chi connectivity index (χ2v) is 4.31. The van der Waals surface area contributed by atoms with Crippen LogP contribution in [0.2, 0.25) is 0 Å². The Kier molecular flexibility index (Phi) is 3.80. The Balaban J connectivity index is 2.31. The van der Waals surface area contributed by atoms with Gasteiger partial charge in [-0.25, -0.2) is 9.78 Å². The third kappa shape index (κ3) is 2.91. The maximum absolute atomic E-state index is 11.5. The minimum atomic E-state index is -0.369. The van der Waals surface area contributed by atoms with Crippen molar-refractivity contribution in [2.24, 2.45) is 0 Å². The third-order valence-electron chi connectivity index (χ3n) is 2.92. The first-order chi connectivity index (χ1) is 9.11. The number of carbonyl (C=O) groups is 1. The van der Waals surface area contributed by atoms with Gasteiger partial charge in [-0.15, -0.1) is 0 Å². The number of esters is 1. The molecular formula is C15H16N2O2. The fraction of sp³-hybridized carbons (Fsp3) is 0.200. The molecule has 1 aromatic carbocycles. The summed E-state index contributed by atoms with van der Waals surface area (Å²) in [7, 11) is 1.36. The maximum atomic E-state index is 11.5. The van der Waals surface area contributed by atoms with Crippen molar-refractivity contribution in [2.45, 2.75) is 13.8 Å². The average Bonchev–Trinajstić information content (AvgIpc) is 2.42. The van der Waals surface area contributed by atoms with E-state index in [2.05, 4.69) is 10.3 Å². The topological polar surface area (TPSA) is 51.2 Å². The van der Waals surface area contributed by atoms with E-state index >= 15 is 0 Å². The summed E-state index contributed by atoms with van der Waals surface area (Å²) < 4.78 is 4.69. The first-order valence-corrected chi connectivity index (χ1v) is 5.99. The molecule has 4 heteroatoms. The molecule has 0 radical (unpaired) electrons. The Labute approximate surface area is 112 Å². The predicted octanol–water partition coefficient (Wildman–Crippen LogP) is 3.23. The van der Waals surface area contributed by atoms with E-state index in [4.69, 9.17) is 4.74 Å². The van der Waals surface area contributed by atoms with E-state index in [-0.39, 0.29) is 5.97 Å². The standard InChI is InChI=1S/C15H16N2O2/c1-10-5-4-6-11(2)14(10)17-13-9-12(7-8-16-13)15(18)19-3/h4-9H,1-3H3,(H,16,17). The summed E-state index contributed by atoms with van der Waals surface area (Å²) in [6.45, 7) is 4.05. The van der Waals surface area contributed by atoms with Gasteiger partial charge in [-0.05, 0) is 37.1 Å². The number of nitrogens with zero attached hydrogens (tertiary/aromatic N) is 1. The molecule has 0 saturated heterocycles. The van der Waals surface area contributed by atoms with Crippen molar-refractivity contribution in [1.29, 1.82) is 0 Å². The quantitative estimate of drug-likeness (QED) is 0.857. The molecule has 4 nitrogen and oxygen atoms in total. The van der Waals surface area contributed by atoms with Gasteiger partial charge in [-0.2, -0.15) is 0 Å². The SMILES string of the molecule is COC(=O)c1ccnc(Nc2c(C)cccc2C)c1. The van der Waals surface area contributed by atoms with Crippen LogP contribution < -0.4 is 5.32 Å². The van der Waals surface area contributed by atoms with Crippen LogP contribution in [0.4, 0.5) is 11.5 Å². The summed E-state index contributed by atoms with van der Waals surface area (Å²) in [4.78, 5) is 15.7. The van der Waals surface area contributed by atoms with Crippen molar-refractivity contribution in [2.75, 3.05) is 12.4 Å². The van der Waals surface area contributed by atoms with Gasteiger partial charge in [0.05, 0.1) is 12.7 Å². The van der Waals surface area contributed by atoms with Crippen molar-refractivity contribution in [3.8, 4) is 0 Å². The summed E-state index contributed by atoms with van der Waals surface area (Å²) in [5.74, 6) is 0.257. The molecule has 98 valence electrons. The molecule has 2 aromatic rings. The number of anilines is 2. The Bertz CT molecular complexity index is 589. The minimum absolute atomic E-state index is 0.369. The van der Waals surface area contributed by atoms with Gasteiger partial charge in [0.25, 0.3) is 0 Å². The molecular weight excluding hydrogens is 240 g/mol. The normalized spacial score (nSPS) is 10.1. The molecule has 1 heterocycles. The van der Waals surface area contributed by atoms with Crippen molar-refractivity contribution in [3.63, 3.8) is 0 Å². The van der Waals surface area contributed by atoms with Crippen LogP contribution in [0.3, 0.4) is 0 Å². The lowest BCUT2D eigenvalue weighted by Crippen LogP contribution is -2.04. The maximum Gasteiger partial charge on any atom is 0.338 e. The Morgan fingerprint density at radius 2 is 1.89 bits per heavy atom. The molecule has 1 aromatic heterocycles. The van der Waals surface area contributed by atoms with Gasteiger partial charge in [-0.1, -0.05) is 18.2 Å². The molecule has 0 fully saturated rings. The molecule has 0 bridgehead atoms. The smallest absolute Gasteiger partial charge is 0.338 e. The van der Waals surface area contributed by atoms with Gasteiger partial charge in [0, 0.05) is 11.9 Å². The van der Waals surface area contributed by atoms with Crippen LogP contribution in [0.5, 0.6) is 0 Å². The number of aryl methyl sites for hydroxylation is 2. The number of aromatic nitrogens is 1. The van der Waals surface area contributed by atoms with Crippen LogP contribution >= 0.6 is 0 Å². The van der Waals surface area contributed by atoms with E-state index in [0.717, 1.165) is 16.8 Å². The molecule has 1 N–H and O–H groups in total. The summed E-state index contributed by atoms with van der Waals surface area (Å²) in [5.41, 5.74) is 3.75. The molecule has 0 amide bonds. The number of methoxy groups -OCH3 is 1. The number of carbonyl (C=O) groups excluding carboxylic acids is 1.